The Morgan fingerprint density at radius 1 is 0.491 bits per heavy atom. The lowest BCUT2D eigenvalue weighted by Crippen LogP contribution is -2.28. The van der Waals surface area contributed by atoms with Gasteiger partial charge in [-0.05, 0) is 70.6 Å². The van der Waals surface area contributed by atoms with E-state index in [0.717, 1.165) is 70.6 Å². The highest BCUT2D eigenvalue weighted by Crippen LogP contribution is 2.43. The fourth-order valence-corrected chi connectivity index (χ4v) is 6.69. The van der Waals surface area contributed by atoms with Gasteiger partial charge in [0.05, 0.1) is 26.4 Å². The van der Waals surface area contributed by atoms with Gasteiger partial charge in [0.1, 0.15) is 12.2 Å². The number of carbonyl (C=O) groups excluding carboxylic acids is 2. The summed E-state index contributed by atoms with van der Waals surface area (Å²) in [6, 6.07) is 0. The Hall–Kier alpha value is -1.81. The van der Waals surface area contributed by atoms with Gasteiger partial charge in [0, 0.05) is 12.8 Å². The van der Waals surface area contributed by atoms with Gasteiger partial charge in [-0.3, -0.25) is 18.6 Å². The first-order chi connectivity index (χ1) is 26.8. The molecule has 0 heterocycles. The van der Waals surface area contributed by atoms with Crippen LogP contribution in [0.2, 0.25) is 0 Å². The van der Waals surface area contributed by atoms with E-state index < -0.39 is 58.4 Å². The van der Waals surface area contributed by atoms with Crippen LogP contribution in [-0.4, -0.2) is 65.7 Å². The Morgan fingerprint density at radius 2 is 0.800 bits per heavy atom. The van der Waals surface area contributed by atoms with Gasteiger partial charge in [0.25, 0.3) is 0 Å². The number of phosphoric acid groups is 1. The van der Waals surface area contributed by atoms with Crippen LogP contribution in [0.1, 0.15) is 194 Å². The second-order valence-electron chi connectivity index (χ2n) is 14.7. The van der Waals surface area contributed by atoms with E-state index in [4.69, 9.17) is 18.5 Å². The molecule has 0 spiro atoms. The summed E-state index contributed by atoms with van der Waals surface area (Å²) in [4.78, 5) is 34.5. The number of rotatable bonds is 41. The average Bonchev–Trinajstić information content (AvgIpc) is 3.17. The molecule has 0 amide bonds. The van der Waals surface area contributed by atoms with E-state index in [1.54, 1.807) is 0 Å². The van der Waals surface area contributed by atoms with E-state index in [2.05, 4.69) is 50.3 Å². The highest BCUT2D eigenvalue weighted by Gasteiger charge is 2.27. The first-order valence-corrected chi connectivity index (χ1v) is 23.4. The lowest BCUT2D eigenvalue weighted by Gasteiger charge is -2.20. The maximum absolute atomic E-state index is 12.4. The third kappa shape index (κ3) is 38.8. The molecule has 11 heteroatoms. The minimum absolute atomic E-state index is 0.182. The minimum atomic E-state index is -4.64. The molecule has 3 N–H and O–H groups in total. The van der Waals surface area contributed by atoms with Crippen molar-refractivity contribution in [2.24, 2.45) is 0 Å². The summed E-state index contributed by atoms with van der Waals surface area (Å²) >= 11 is 0. The zero-order chi connectivity index (χ0) is 40.5. The van der Waals surface area contributed by atoms with Crippen LogP contribution >= 0.6 is 7.82 Å². The molecule has 0 bridgehead atoms. The lowest BCUT2D eigenvalue weighted by atomic mass is 10.1. The molecule has 0 fully saturated rings. The molecule has 0 aromatic carbocycles. The molecule has 0 saturated heterocycles. The van der Waals surface area contributed by atoms with Gasteiger partial charge in [0.2, 0.25) is 0 Å². The number of aliphatic hydroxyl groups excluding tert-OH is 2. The fraction of sp³-hybridized carbons (Fsp3) is 0.818. The number of ether oxygens (including phenoxy) is 2. The van der Waals surface area contributed by atoms with E-state index in [0.29, 0.717) is 12.8 Å². The number of carbonyl (C=O) groups is 2. The van der Waals surface area contributed by atoms with E-state index in [1.165, 1.54) is 83.5 Å². The van der Waals surface area contributed by atoms with Crippen LogP contribution in [0.3, 0.4) is 0 Å². The van der Waals surface area contributed by atoms with Crippen molar-refractivity contribution in [3.05, 3.63) is 36.5 Å². The van der Waals surface area contributed by atoms with Crippen LogP contribution in [0.15, 0.2) is 36.5 Å². The van der Waals surface area contributed by atoms with Crippen LogP contribution in [-0.2, 0) is 32.7 Å². The van der Waals surface area contributed by atoms with E-state index in [1.807, 2.05) is 0 Å². The molecule has 0 aliphatic carbocycles. The predicted octanol–water partition coefficient (Wildman–Crippen LogP) is 11.6. The first kappa shape index (κ1) is 53.2. The van der Waals surface area contributed by atoms with Crippen molar-refractivity contribution in [3.63, 3.8) is 0 Å². The van der Waals surface area contributed by atoms with Crippen LogP contribution in [0.5, 0.6) is 0 Å². The third-order valence-electron chi connectivity index (χ3n) is 9.32. The van der Waals surface area contributed by atoms with Gasteiger partial charge < -0.3 is 24.6 Å². The Kier molecular flexibility index (Phi) is 39.1. The van der Waals surface area contributed by atoms with E-state index in [-0.39, 0.29) is 12.8 Å². The summed E-state index contributed by atoms with van der Waals surface area (Å²) in [5, 5.41) is 19.2. The van der Waals surface area contributed by atoms with Crippen LogP contribution in [0.25, 0.3) is 0 Å². The minimum Gasteiger partial charge on any atom is -0.457 e. The molecule has 0 aliphatic heterocycles. The van der Waals surface area contributed by atoms with Gasteiger partial charge in [-0.2, -0.15) is 0 Å². The summed E-state index contributed by atoms with van der Waals surface area (Å²) in [5.74, 6) is -1.03. The molecule has 3 atom stereocenters. The monoisotopic (exact) mass is 801 g/mol. The molecule has 0 radical (unpaired) electrons. The number of phosphoric ester groups is 1. The van der Waals surface area contributed by atoms with E-state index >= 15 is 0 Å². The quantitative estimate of drug-likeness (QED) is 0.0236. The van der Waals surface area contributed by atoms with Crippen molar-refractivity contribution < 1.29 is 47.8 Å². The van der Waals surface area contributed by atoms with Gasteiger partial charge in [0.15, 0.2) is 0 Å². The molecule has 0 aromatic heterocycles. The van der Waals surface area contributed by atoms with Crippen LogP contribution in [0, 0.1) is 0 Å². The summed E-state index contributed by atoms with van der Waals surface area (Å²) in [5.41, 5.74) is 0. The molecular weight excluding hydrogens is 719 g/mol. The van der Waals surface area contributed by atoms with Crippen LogP contribution in [0.4, 0.5) is 0 Å². The number of aliphatic hydroxyl groups is 2. The number of allylic oxidation sites excluding steroid dienone is 6. The average molecular weight is 801 g/mol. The maximum atomic E-state index is 12.4. The molecule has 322 valence electrons. The Bertz CT molecular complexity index is 1010. The maximum Gasteiger partial charge on any atom is 0.472 e. The highest BCUT2D eigenvalue weighted by molar-refractivity contribution is 7.47. The van der Waals surface area contributed by atoms with Crippen molar-refractivity contribution in [1.29, 1.82) is 0 Å². The highest BCUT2D eigenvalue weighted by atomic mass is 31.2. The Balaban J connectivity index is 3.94. The summed E-state index contributed by atoms with van der Waals surface area (Å²) in [6.07, 6.45) is 41.1. The van der Waals surface area contributed by atoms with E-state index in [9.17, 15) is 29.3 Å². The molecule has 3 unspecified atom stereocenters. The summed E-state index contributed by atoms with van der Waals surface area (Å²) < 4.78 is 32.6. The first-order valence-electron chi connectivity index (χ1n) is 21.9. The topological polar surface area (TPSA) is 149 Å². The zero-order valence-corrected chi connectivity index (χ0v) is 35.8. The van der Waals surface area contributed by atoms with Crippen molar-refractivity contribution in [2.75, 3.05) is 26.4 Å². The number of hydrogen-bond acceptors (Lipinski definition) is 9. The zero-order valence-electron chi connectivity index (χ0n) is 34.9. The summed E-state index contributed by atoms with van der Waals surface area (Å²) in [6.45, 7) is 2.16. The largest absolute Gasteiger partial charge is 0.472 e. The molecule has 0 aromatic rings. The van der Waals surface area contributed by atoms with Gasteiger partial charge in [-0.25, -0.2) is 4.57 Å². The SMILES string of the molecule is CCCCC/C=C\C/C=C\CCCCCCCCCC(=O)OC(CO)COP(=O)(O)OCC(CO)OC(=O)CCCCCCC/C=C\CCCCCCCC. The normalized spacial score (nSPS) is 14.2. The number of esters is 2. The number of hydrogen-bond donors (Lipinski definition) is 3. The Morgan fingerprint density at radius 3 is 1.18 bits per heavy atom. The van der Waals surface area contributed by atoms with Crippen molar-refractivity contribution in [3.8, 4) is 0 Å². The molecule has 0 rings (SSSR count). The smallest absolute Gasteiger partial charge is 0.457 e. The second kappa shape index (κ2) is 40.4. The van der Waals surface area contributed by atoms with Gasteiger partial charge >= 0.3 is 19.8 Å². The van der Waals surface area contributed by atoms with Crippen molar-refractivity contribution in [1.82, 2.24) is 0 Å². The molecule has 0 saturated carbocycles. The third-order valence-corrected chi connectivity index (χ3v) is 10.3. The second-order valence-corrected chi connectivity index (χ2v) is 16.1. The number of unbranched alkanes of at least 4 members (excludes halogenated alkanes) is 21. The van der Waals surface area contributed by atoms with Crippen molar-refractivity contribution >= 4 is 19.8 Å². The van der Waals surface area contributed by atoms with Gasteiger partial charge in [-0.1, -0.05) is 147 Å². The van der Waals surface area contributed by atoms with Crippen LogP contribution < -0.4 is 0 Å². The predicted molar refractivity (Wildman–Crippen MR) is 224 cm³/mol. The summed E-state index contributed by atoms with van der Waals surface area (Å²) in [7, 11) is -4.64. The Labute approximate surface area is 335 Å². The standard InChI is InChI=1S/C44H81O10P/c1-3-5-7-9-11-13-15-17-19-20-22-24-26-28-30-32-34-36-44(48)54-42(38-46)40-52-55(49,50)51-39-41(37-45)53-43(47)35-33-31-29-27-25-23-21-18-16-14-12-10-8-6-4-2/h11,13,17-19,21,41-42,45-46H,3-10,12,14-16,20,22-40H2,1-2H3,(H,49,50)/b13-11-,19-17-,21-18-. The fourth-order valence-electron chi connectivity index (χ4n) is 5.90. The molecule has 55 heavy (non-hydrogen) atoms. The molecule has 10 nitrogen and oxygen atoms in total. The molecule has 0 aliphatic rings. The van der Waals surface area contributed by atoms with Gasteiger partial charge in [-0.15, -0.1) is 0 Å². The molecular formula is C44H81O10P. The van der Waals surface area contributed by atoms with Crippen molar-refractivity contribution in [2.45, 2.75) is 206 Å². The lowest BCUT2D eigenvalue weighted by molar-refractivity contribution is -0.153.